The minimum Gasteiger partial charge on any atom is -0.360 e. The van der Waals surface area contributed by atoms with Crippen molar-refractivity contribution in [1.29, 1.82) is 0 Å². The lowest BCUT2D eigenvalue weighted by Crippen LogP contribution is -2.45. The molecule has 2 aliphatic rings. The van der Waals surface area contributed by atoms with Gasteiger partial charge in [0.2, 0.25) is 0 Å². The summed E-state index contributed by atoms with van der Waals surface area (Å²) in [5.41, 5.74) is 0.706. The Kier molecular flexibility index (Phi) is 4.57. The number of pyridine rings is 1. The Morgan fingerprint density at radius 3 is 2.41 bits per heavy atom. The average molecular weight is 394 g/mol. The number of hydrogen-bond donors (Lipinski definition) is 1. The zero-order valence-electron chi connectivity index (χ0n) is 15.3. The molecule has 1 N–H and O–H groups in total. The molecule has 10 heteroatoms. The normalized spacial score (nSPS) is 19.6. The van der Waals surface area contributed by atoms with Crippen LogP contribution in [0.2, 0.25) is 0 Å². The molecule has 1 spiro atoms. The lowest BCUT2D eigenvalue weighted by molar-refractivity contribution is -0.169. The lowest BCUT2D eigenvalue weighted by Gasteiger charge is -2.38. The maximum absolute atomic E-state index is 12.6. The summed E-state index contributed by atoms with van der Waals surface area (Å²) < 4.78 is 44.1. The predicted molar refractivity (Wildman–Crippen MR) is 97.1 cm³/mol. The van der Waals surface area contributed by atoms with Crippen molar-refractivity contribution >= 4 is 21.5 Å². The van der Waals surface area contributed by atoms with Crippen LogP contribution >= 0.6 is 0 Å². The first kappa shape index (κ1) is 18.2. The molecule has 4 rings (SSSR count). The molecule has 0 radical (unpaired) electrons. The van der Waals surface area contributed by atoms with Crippen LogP contribution in [0.15, 0.2) is 27.7 Å². The van der Waals surface area contributed by atoms with Crippen molar-refractivity contribution in [3.63, 3.8) is 0 Å². The molecule has 2 aromatic rings. The highest BCUT2D eigenvalue weighted by atomic mass is 32.2. The molecule has 0 bridgehead atoms. The van der Waals surface area contributed by atoms with E-state index in [9.17, 15) is 8.42 Å². The Bertz CT molecular complexity index is 890. The molecule has 146 valence electrons. The molecule has 2 saturated heterocycles. The van der Waals surface area contributed by atoms with Gasteiger partial charge in [-0.05, 0) is 26.0 Å². The summed E-state index contributed by atoms with van der Waals surface area (Å²) in [6, 6.07) is 3.50. The Morgan fingerprint density at radius 2 is 1.85 bits per heavy atom. The van der Waals surface area contributed by atoms with Gasteiger partial charge < -0.3 is 18.9 Å². The van der Waals surface area contributed by atoms with E-state index in [1.807, 2.05) is 0 Å². The van der Waals surface area contributed by atoms with Gasteiger partial charge in [-0.15, -0.1) is 0 Å². The summed E-state index contributed by atoms with van der Waals surface area (Å²) in [7, 11) is -3.78. The molecule has 0 unspecified atom stereocenters. The number of anilines is 2. The molecule has 9 nitrogen and oxygen atoms in total. The number of ether oxygens (including phenoxy) is 2. The van der Waals surface area contributed by atoms with Crippen LogP contribution in [-0.2, 0) is 19.5 Å². The summed E-state index contributed by atoms with van der Waals surface area (Å²) in [5, 5.41) is 3.69. The molecule has 0 amide bonds. The first-order chi connectivity index (χ1) is 12.9. The molecule has 2 fully saturated rings. The van der Waals surface area contributed by atoms with E-state index in [0.29, 0.717) is 24.6 Å². The molecule has 2 aliphatic heterocycles. The first-order valence-electron chi connectivity index (χ1n) is 8.83. The summed E-state index contributed by atoms with van der Waals surface area (Å²) >= 11 is 0. The number of piperidine rings is 1. The van der Waals surface area contributed by atoms with Crippen LogP contribution in [-0.4, -0.2) is 50.6 Å². The fourth-order valence-electron chi connectivity index (χ4n) is 3.56. The standard InChI is InChI=1S/C17H22N4O5S/c1-12-16(13(2)26-19-12)27(22,23)20-14-3-4-15(18-11-14)21-7-5-17(6-8-21)24-9-10-25-17/h3-4,11,20H,5-10H2,1-2H3. The molecule has 0 saturated carbocycles. The van der Waals surface area contributed by atoms with E-state index < -0.39 is 15.8 Å². The molecular formula is C17H22N4O5S. The van der Waals surface area contributed by atoms with Crippen molar-refractivity contribution in [3.05, 3.63) is 29.8 Å². The second kappa shape index (κ2) is 6.77. The van der Waals surface area contributed by atoms with E-state index in [-0.39, 0.29) is 10.7 Å². The highest BCUT2D eigenvalue weighted by molar-refractivity contribution is 7.92. The van der Waals surface area contributed by atoms with Crippen LogP contribution < -0.4 is 9.62 Å². The quantitative estimate of drug-likeness (QED) is 0.837. The van der Waals surface area contributed by atoms with Crippen molar-refractivity contribution in [2.24, 2.45) is 0 Å². The SMILES string of the molecule is Cc1noc(C)c1S(=O)(=O)Nc1ccc(N2CCC3(CC2)OCCO3)nc1. The molecule has 0 atom stereocenters. The van der Waals surface area contributed by atoms with Gasteiger partial charge in [0.05, 0.1) is 25.1 Å². The third-order valence-electron chi connectivity index (χ3n) is 4.90. The Balaban J connectivity index is 1.44. The second-order valence-electron chi connectivity index (χ2n) is 6.76. The zero-order chi connectivity index (χ0) is 19.1. The summed E-state index contributed by atoms with van der Waals surface area (Å²) in [6.45, 7) is 6.01. The van der Waals surface area contributed by atoms with E-state index in [2.05, 4.69) is 19.8 Å². The van der Waals surface area contributed by atoms with E-state index in [0.717, 1.165) is 31.7 Å². The zero-order valence-corrected chi connectivity index (χ0v) is 16.1. The van der Waals surface area contributed by atoms with Gasteiger partial charge in [0, 0.05) is 25.9 Å². The lowest BCUT2D eigenvalue weighted by atomic mass is 10.0. The third kappa shape index (κ3) is 3.52. The first-order valence-corrected chi connectivity index (χ1v) is 10.3. The van der Waals surface area contributed by atoms with Gasteiger partial charge >= 0.3 is 0 Å². The van der Waals surface area contributed by atoms with Gasteiger partial charge in [-0.3, -0.25) is 4.72 Å². The number of nitrogens with one attached hydrogen (secondary N) is 1. The monoisotopic (exact) mass is 394 g/mol. The van der Waals surface area contributed by atoms with Crippen LogP contribution in [0.1, 0.15) is 24.3 Å². The maximum Gasteiger partial charge on any atom is 0.267 e. The number of nitrogens with zero attached hydrogens (tertiary/aromatic N) is 3. The highest BCUT2D eigenvalue weighted by Crippen LogP contribution is 2.33. The molecule has 0 aliphatic carbocycles. The van der Waals surface area contributed by atoms with Crippen LogP contribution in [0.4, 0.5) is 11.5 Å². The smallest absolute Gasteiger partial charge is 0.267 e. The minimum absolute atomic E-state index is 0.0597. The number of rotatable bonds is 4. The average Bonchev–Trinajstić information content (AvgIpc) is 3.23. The maximum atomic E-state index is 12.6. The third-order valence-corrected chi connectivity index (χ3v) is 6.52. The van der Waals surface area contributed by atoms with Crippen LogP contribution in [0, 0.1) is 13.8 Å². The fraction of sp³-hybridized carbons (Fsp3) is 0.529. The number of sulfonamides is 1. The predicted octanol–water partition coefficient (Wildman–Crippen LogP) is 1.83. The van der Waals surface area contributed by atoms with Gasteiger partial charge in [0.25, 0.3) is 10.0 Å². The van der Waals surface area contributed by atoms with E-state index in [4.69, 9.17) is 14.0 Å². The molecule has 0 aromatic carbocycles. The molecular weight excluding hydrogens is 372 g/mol. The Morgan fingerprint density at radius 1 is 1.15 bits per heavy atom. The van der Waals surface area contributed by atoms with Crippen LogP contribution in [0.3, 0.4) is 0 Å². The summed E-state index contributed by atoms with van der Waals surface area (Å²) in [4.78, 5) is 6.61. The minimum atomic E-state index is -3.78. The Labute approximate surface area is 157 Å². The fourth-order valence-corrected chi connectivity index (χ4v) is 4.94. The largest absolute Gasteiger partial charge is 0.360 e. The molecule has 2 aromatic heterocycles. The summed E-state index contributed by atoms with van der Waals surface area (Å²) in [6.07, 6.45) is 3.09. The highest BCUT2D eigenvalue weighted by Gasteiger charge is 2.40. The van der Waals surface area contributed by atoms with E-state index in [1.54, 1.807) is 26.0 Å². The number of aryl methyl sites for hydroxylation is 2. The van der Waals surface area contributed by atoms with Crippen LogP contribution in [0.5, 0.6) is 0 Å². The van der Waals surface area contributed by atoms with Crippen LogP contribution in [0.25, 0.3) is 0 Å². The van der Waals surface area contributed by atoms with Crippen molar-refractivity contribution in [3.8, 4) is 0 Å². The van der Waals surface area contributed by atoms with Crippen molar-refractivity contribution in [2.45, 2.75) is 37.4 Å². The van der Waals surface area contributed by atoms with Gasteiger partial charge in [-0.2, -0.15) is 0 Å². The molecule has 27 heavy (non-hydrogen) atoms. The van der Waals surface area contributed by atoms with Crippen molar-refractivity contribution < 1.29 is 22.4 Å². The van der Waals surface area contributed by atoms with Gasteiger partial charge in [0.1, 0.15) is 11.5 Å². The number of aromatic nitrogens is 2. The van der Waals surface area contributed by atoms with E-state index >= 15 is 0 Å². The topological polar surface area (TPSA) is 107 Å². The van der Waals surface area contributed by atoms with E-state index in [1.165, 1.54) is 6.20 Å². The van der Waals surface area contributed by atoms with Gasteiger partial charge in [-0.1, -0.05) is 5.16 Å². The van der Waals surface area contributed by atoms with Gasteiger partial charge in [-0.25, -0.2) is 13.4 Å². The Hall–Kier alpha value is -2.17. The van der Waals surface area contributed by atoms with Crippen molar-refractivity contribution in [1.82, 2.24) is 10.1 Å². The number of hydrogen-bond acceptors (Lipinski definition) is 8. The summed E-state index contributed by atoms with van der Waals surface area (Å²) in [5.74, 6) is 0.617. The van der Waals surface area contributed by atoms with Crippen molar-refractivity contribution in [2.75, 3.05) is 35.9 Å². The second-order valence-corrected chi connectivity index (χ2v) is 8.38. The van der Waals surface area contributed by atoms with Gasteiger partial charge in [0.15, 0.2) is 16.4 Å². The molecule has 4 heterocycles.